The molecule has 0 saturated heterocycles. The molecule has 0 fully saturated rings. The number of carboxylic acids is 1. The van der Waals surface area contributed by atoms with E-state index in [-0.39, 0.29) is 5.91 Å². The molecule has 1 aliphatic carbocycles. The number of amides is 1. The van der Waals surface area contributed by atoms with E-state index in [0.29, 0.717) is 5.69 Å². The lowest BCUT2D eigenvalue weighted by molar-refractivity contribution is -0.141. The minimum Gasteiger partial charge on any atom is -0.480 e. The van der Waals surface area contributed by atoms with Crippen LogP contribution in [-0.2, 0) is 17.6 Å². The number of rotatable bonds is 4. The Morgan fingerprint density at radius 3 is 2.64 bits per heavy atom. The van der Waals surface area contributed by atoms with Gasteiger partial charge in [0, 0.05) is 18.3 Å². The van der Waals surface area contributed by atoms with E-state index in [1.165, 1.54) is 24.4 Å². The van der Waals surface area contributed by atoms with Gasteiger partial charge in [-0.25, -0.2) is 9.48 Å². The summed E-state index contributed by atoms with van der Waals surface area (Å²) in [6.07, 6.45) is 2.66. The number of aliphatic carboxylic acids is 1. The molecular formula is C19H23N3O3. The Bertz CT molecular complexity index is 854. The van der Waals surface area contributed by atoms with Crippen molar-refractivity contribution in [1.82, 2.24) is 14.7 Å². The van der Waals surface area contributed by atoms with Gasteiger partial charge < -0.3 is 10.0 Å². The number of hydrogen-bond donors (Lipinski definition) is 1. The first-order chi connectivity index (χ1) is 11.8. The zero-order chi connectivity index (χ0) is 18.3. The minimum absolute atomic E-state index is 0.337. The molecule has 6 nitrogen and oxygen atoms in total. The Hall–Kier alpha value is -2.63. The molecule has 0 saturated carbocycles. The largest absolute Gasteiger partial charge is 0.480 e. The summed E-state index contributed by atoms with van der Waals surface area (Å²) in [6.45, 7) is 5.58. The molecule has 6 heteroatoms. The maximum absolute atomic E-state index is 12.8. The van der Waals surface area contributed by atoms with Gasteiger partial charge in [-0.15, -0.1) is 0 Å². The first-order valence-corrected chi connectivity index (χ1v) is 8.49. The van der Waals surface area contributed by atoms with Gasteiger partial charge in [0.1, 0.15) is 6.04 Å². The van der Waals surface area contributed by atoms with Crippen molar-refractivity contribution in [2.24, 2.45) is 0 Å². The fourth-order valence-corrected chi connectivity index (χ4v) is 3.36. The molecule has 132 valence electrons. The van der Waals surface area contributed by atoms with Crippen LogP contribution in [0.5, 0.6) is 0 Å². The summed E-state index contributed by atoms with van der Waals surface area (Å²) >= 11 is 0. The highest BCUT2D eigenvalue weighted by atomic mass is 16.4. The number of nitrogens with zero attached hydrogens (tertiary/aromatic N) is 3. The lowest BCUT2D eigenvalue weighted by Gasteiger charge is -2.20. The third-order valence-electron chi connectivity index (χ3n) is 4.97. The van der Waals surface area contributed by atoms with Crippen molar-refractivity contribution in [1.29, 1.82) is 0 Å². The smallest absolute Gasteiger partial charge is 0.326 e. The monoisotopic (exact) mass is 341 g/mol. The molecule has 1 atom stereocenters. The van der Waals surface area contributed by atoms with Gasteiger partial charge in [-0.3, -0.25) is 4.79 Å². The SMILES string of the molecule is Cc1ccc(-n2nc(C(=O)N(C)C(C)C(=O)O)c3c2CCC3)c(C)c1. The van der Waals surface area contributed by atoms with Crippen molar-refractivity contribution < 1.29 is 14.7 Å². The number of carbonyl (C=O) groups excluding carboxylic acids is 1. The van der Waals surface area contributed by atoms with E-state index in [0.717, 1.165) is 41.8 Å². The first kappa shape index (κ1) is 17.2. The van der Waals surface area contributed by atoms with Gasteiger partial charge in [-0.05, 0) is 51.7 Å². The molecule has 3 rings (SSSR count). The van der Waals surface area contributed by atoms with Crippen molar-refractivity contribution in [2.45, 2.75) is 46.1 Å². The Morgan fingerprint density at radius 1 is 1.28 bits per heavy atom. The van der Waals surface area contributed by atoms with Crippen LogP contribution in [0.4, 0.5) is 0 Å². The summed E-state index contributed by atoms with van der Waals surface area (Å²) < 4.78 is 1.86. The van der Waals surface area contributed by atoms with Gasteiger partial charge in [0.15, 0.2) is 5.69 Å². The van der Waals surface area contributed by atoms with E-state index in [4.69, 9.17) is 5.11 Å². The molecular weight excluding hydrogens is 318 g/mol. The predicted octanol–water partition coefficient (Wildman–Crippen LogP) is 2.52. The van der Waals surface area contributed by atoms with Gasteiger partial charge in [0.05, 0.1) is 5.69 Å². The van der Waals surface area contributed by atoms with E-state index in [9.17, 15) is 9.59 Å². The molecule has 1 amide bonds. The lowest BCUT2D eigenvalue weighted by Crippen LogP contribution is -2.40. The fraction of sp³-hybridized carbons (Fsp3) is 0.421. The molecule has 2 aromatic rings. The Morgan fingerprint density at radius 2 is 2.00 bits per heavy atom. The highest BCUT2D eigenvalue weighted by Gasteiger charge is 2.31. The second-order valence-corrected chi connectivity index (χ2v) is 6.76. The maximum Gasteiger partial charge on any atom is 0.326 e. The van der Waals surface area contributed by atoms with Crippen LogP contribution in [0.3, 0.4) is 0 Å². The normalized spacial score (nSPS) is 14.2. The highest BCUT2D eigenvalue weighted by molar-refractivity contribution is 5.96. The van der Waals surface area contributed by atoms with Crippen LogP contribution in [0.15, 0.2) is 18.2 Å². The van der Waals surface area contributed by atoms with Crippen LogP contribution in [0.25, 0.3) is 5.69 Å². The quantitative estimate of drug-likeness (QED) is 0.927. The number of carboxylic acid groups (broad SMARTS) is 1. The maximum atomic E-state index is 12.8. The fourth-order valence-electron chi connectivity index (χ4n) is 3.36. The number of carbonyl (C=O) groups is 2. The highest BCUT2D eigenvalue weighted by Crippen LogP contribution is 2.30. The Labute approximate surface area is 147 Å². The molecule has 25 heavy (non-hydrogen) atoms. The molecule has 1 unspecified atom stereocenters. The number of hydrogen-bond acceptors (Lipinski definition) is 3. The van der Waals surface area contributed by atoms with Gasteiger partial charge in [0.2, 0.25) is 0 Å². The predicted molar refractivity (Wildman–Crippen MR) is 94.3 cm³/mol. The van der Waals surface area contributed by atoms with Gasteiger partial charge in [-0.2, -0.15) is 5.10 Å². The topological polar surface area (TPSA) is 75.4 Å². The lowest BCUT2D eigenvalue weighted by atomic mass is 10.1. The van der Waals surface area contributed by atoms with Gasteiger partial charge in [0.25, 0.3) is 5.91 Å². The summed E-state index contributed by atoms with van der Waals surface area (Å²) in [5.74, 6) is -1.36. The van der Waals surface area contributed by atoms with Crippen LogP contribution >= 0.6 is 0 Å². The van der Waals surface area contributed by atoms with Crippen LogP contribution in [-0.4, -0.2) is 44.8 Å². The molecule has 0 radical (unpaired) electrons. The summed E-state index contributed by atoms with van der Waals surface area (Å²) in [5.41, 5.74) is 5.64. The zero-order valence-electron chi connectivity index (χ0n) is 15.0. The van der Waals surface area contributed by atoms with Crippen molar-refractivity contribution in [3.05, 3.63) is 46.3 Å². The minimum atomic E-state index is -1.03. The van der Waals surface area contributed by atoms with Crippen LogP contribution in [0, 0.1) is 13.8 Å². The number of fused-ring (bicyclic) bond motifs is 1. The van der Waals surface area contributed by atoms with Crippen LogP contribution in [0.2, 0.25) is 0 Å². The molecule has 1 aliphatic rings. The van der Waals surface area contributed by atoms with Crippen molar-refractivity contribution in [3.8, 4) is 5.69 Å². The standard InChI is InChI=1S/C19H23N3O3/c1-11-8-9-15(12(2)10-11)22-16-7-5-6-14(16)17(20-22)18(23)21(4)13(3)19(24)25/h8-10,13H,5-7H2,1-4H3,(H,24,25). The zero-order valence-corrected chi connectivity index (χ0v) is 15.0. The summed E-state index contributed by atoms with van der Waals surface area (Å²) in [6, 6.07) is 5.26. The number of aryl methyl sites for hydroxylation is 2. The number of likely N-dealkylation sites (N-methyl/N-ethyl adjacent to an activating group) is 1. The van der Waals surface area contributed by atoms with Crippen molar-refractivity contribution in [2.75, 3.05) is 7.05 Å². The van der Waals surface area contributed by atoms with Crippen molar-refractivity contribution >= 4 is 11.9 Å². The van der Waals surface area contributed by atoms with E-state index < -0.39 is 12.0 Å². The average Bonchev–Trinajstić information content (AvgIpc) is 3.15. The van der Waals surface area contributed by atoms with Crippen LogP contribution in [0.1, 0.15) is 46.2 Å². The summed E-state index contributed by atoms with van der Waals surface area (Å²) in [5, 5.41) is 13.8. The molecule has 1 N–H and O–H groups in total. The average molecular weight is 341 g/mol. The van der Waals surface area contributed by atoms with E-state index in [2.05, 4.69) is 11.2 Å². The molecule has 0 aliphatic heterocycles. The second-order valence-electron chi connectivity index (χ2n) is 6.76. The number of benzene rings is 1. The molecule has 1 aromatic carbocycles. The van der Waals surface area contributed by atoms with E-state index in [1.54, 1.807) is 0 Å². The van der Waals surface area contributed by atoms with Crippen LogP contribution < -0.4 is 0 Å². The number of aromatic nitrogens is 2. The molecule has 1 heterocycles. The Balaban J connectivity index is 2.06. The molecule has 1 aromatic heterocycles. The van der Waals surface area contributed by atoms with E-state index in [1.807, 2.05) is 30.7 Å². The van der Waals surface area contributed by atoms with Gasteiger partial charge >= 0.3 is 5.97 Å². The van der Waals surface area contributed by atoms with Crippen molar-refractivity contribution in [3.63, 3.8) is 0 Å². The third-order valence-corrected chi connectivity index (χ3v) is 4.97. The molecule has 0 spiro atoms. The van der Waals surface area contributed by atoms with E-state index >= 15 is 0 Å². The van der Waals surface area contributed by atoms with Gasteiger partial charge in [-0.1, -0.05) is 17.7 Å². The first-order valence-electron chi connectivity index (χ1n) is 8.49. The summed E-state index contributed by atoms with van der Waals surface area (Å²) in [7, 11) is 1.51. The summed E-state index contributed by atoms with van der Waals surface area (Å²) in [4.78, 5) is 25.3. The Kier molecular flexibility index (Phi) is 4.37. The molecule has 0 bridgehead atoms. The third kappa shape index (κ3) is 2.92. The second kappa shape index (κ2) is 6.35.